The number of benzene rings is 1. The number of hydrogen-bond donors (Lipinski definition) is 3. The number of rotatable bonds is 4. The molecular weight excluding hydrogens is 240 g/mol. The highest BCUT2D eigenvalue weighted by molar-refractivity contribution is 6.33. The molecule has 0 radical (unpaired) electrons. The van der Waals surface area contributed by atoms with Gasteiger partial charge in [-0.3, -0.25) is 0 Å². The minimum Gasteiger partial charge on any atom is -0.388 e. The van der Waals surface area contributed by atoms with Gasteiger partial charge in [0.15, 0.2) is 0 Å². The van der Waals surface area contributed by atoms with Crippen LogP contribution in [0.25, 0.3) is 0 Å². The second-order valence-electron chi connectivity index (χ2n) is 4.14. The number of halogens is 1. The van der Waals surface area contributed by atoms with E-state index in [9.17, 15) is 9.90 Å². The summed E-state index contributed by atoms with van der Waals surface area (Å²) in [7, 11) is 0. The van der Waals surface area contributed by atoms with E-state index >= 15 is 0 Å². The van der Waals surface area contributed by atoms with Crippen molar-refractivity contribution < 1.29 is 9.90 Å². The van der Waals surface area contributed by atoms with Gasteiger partial charge < -0.3 is 15.7 Å². The van der Waals surface area contributed by atoms with Crippen molar-refractivity contribution in [3.8, 4) is 0 Å². The van der Waals surface area contributed by atoms with Gasteiger partial charge in [-0.15, -0.1) is 0 Å². The van der Waals surface area contributed by atoms with Gasteiger partial charge in [-0.1, -0.05) is 30.7 Å². The molecule has 0 saturated heterocycles. The molecule has 5 heteroatoms. The van der Waals surface area contributed by atoms with Crippen LogP contribution in [-0.4, -0.2) is 23.3 Å². The SMILES string of the molecule is CC[C@](C)(O)CNC(=O)Nc1ccccc1Cl. The monoisotopic (exact) mass is 256 g/mol. The highest BCUT2D eigenvalue weighted by atomic mass is 35.5. The Morgan fingerprint density at radius 1 is 1.47 bits per heavy atom. The van der Waals surface area contributed by atoms with Crippen LogP contribution in [0.4, 0.5) is 10.5 Å². The number of para-hydroxylation sites is 1. The van der Waals surface area contributed by atoms with Crippen LogP contribution in [0.3, 0.4) is 0 Å². The van der Waals surface area contributed by atoms with Crippen molar-refractivity contribution in [2.24, 2.45) is 0 Å². The maximum Gasteiger partial charge on any atom is 0.319 e. The summed E-state index contributed by atoms with van der Waals surface area (Å²) in [6, 6.07) is 6.59. The maximum atomic E-state index is 11.5. The minimum absolute atomic E-state index is 0.194. The summed E-state index contributed by atoms with van der Waals surface area (Å²) in [6.07, 6.45) is 0.569. The highest BCUT2D eigenvalue weighted by Gasteiger charge is 2.18. The number of urea groups is 1. The molecule has 17 heavy (non-hydrogen) atoms. The first-order valence-electron chi connectivity index (χ1n) is 5.46. The van der Waals surface area contributed by atoms with Gasteiger partial charge in [0, 0.05) is 6.54 Å². The third kappa shape index (κ3) is 4.63. The van der Waals surface area contributed by atoms with Gasteiger partial charge in [0.2, 0.25) is 0 Å². The number of amides is 2. The van der Waals surface area contributed by atoms with Crippen molar-refractivity contribution in [3.05, 3.63) is 29.3 Å². The number of carbonyl (C=O) groups excluding carboxylic acids is 1. The Morgan fingerprint density at radius 2 is 2.12 bits per heavy atom. The van der Waals surface area contributed by atoms with E-state index < -0.39 is 5.60 Å². The van der Waals surface area contributed by atoms with Gasteiger partial charge in [-0.2, -0.15) is 0 Å². The first-order chi connectivity index (χ1) is 7.94. The van der Waals surface area contributed by atoms with E-state index in [4.69, 9.17) is 11.6 Å². The Balaban J connectivity index is 2.48. The summed E-state index contributed by atoms with van der Waals surface area (Å²) in [5.41, 5.74) is -0.347. The van der Waals surface area contributed by atoms with Crippen molar-refractivity contribution in [2.75, 3.05) is 11.9 Å². The van der Waals surface area contributed by atoms with Crippen LogP contribution < -0.4 is 10.6 Å². The normalized spacial score (nSPS) is 13.9. The standard InChI is InChI=1S/C12H17ClN2O2/c1-3-12(2,17)8-14-11(16)15-10-7-5-4-6-9(10)13/h4-7,17H,3,8H2,1-2H3,(H2,14,15,16)/t12-/m0/s1. The van der Waals surface area contributed by atoms with E-state index in [1.54, 1.807) is 31.2 Å². The van der Waals surface area contributed by atoms with Crippen molar-refractivity contribution in [2.45, 2.75) is 25.9 Å². The number of nitrogens with one attached hydrogen (secondary N) is 2. The summed E-state index contributed by atoms with van der Waals surface area (Å²) in [4.78, 5) is 11.5. The lowest BCUT2D eigenvalue weighted by Gasteiger charge is -2.21. The van der Waals surface area contributed by atoms with Crippen molar-refractivity contribution >= 4 is 23.3 Å². The molecular formula is C12H17ClN2O2. The Morgan fingerprint density at radius 3 is 2.71 bits per heavy atom. The Kier molecular flexibility index (Phi) is 4.78. The van der Waals surface area contributed by atoms with Crippen LogP contribution in [0.5, 0.6) is 0 Å². The van der Waals surface area contributed by atoms with E-state index in [1.165, 1.54) is 0 Å². The average Bonchev–Trinajstić information content (AvgIpc) is 2.30. The molecule has 0 aromatic heterocycles. The second-order valence-corrected chi connectivity index (χ2v) is 4.55. The van der Waals surface area contributed by atoms with Crippen LogP contribution in [0.1, 0.15) is 20.3 Å². The summed E-state index contributed by atoms with van der Waals surface area (Å²) in [5.74, 6) is 0. The first kappa shape index (κ1) is 13.8. The minimum atomic E-state index is -0.891. The van der Waals surface area contributed by atoms with Crippen molar-refractivity contribution in [1.82, 2.24) is 5.32 Å². The molecule has 0 bridgehead atoms. The molecule has 0 aliphatic rings. The Bertz CT molecular complexity index is 394. The summed E-state index contributed by atoms with van der Waals surface area (Å²) in [5, 5.41) is 15.4. The van der Waals surface area contributed by atoms with Gasteiger partial charge in [-0.05, 0) is 25.5 Å². The zero-order valence-corrected chi connectivity index (χ0v) is 10.7. The van der Waals surface area contributed by atoms with Crippen LogP contribution in [0.15, 0.2) is 24.3 Å². The average molecular weight is 257 g/mol. The zero-order valence-electron chi connectivity index (χ0n) is 9.96. The molecule has 0 saturated carbocycles. The van der Waals surface area contributed by atoms with E-state index in [2.05, 4.69) is 10.6 Å². The first-order valence-corrected chi connectivity index (χ1v) is 5.84. The fraction of sp³-hybridized carbons (Fsp3) is 0.417. The molecule has 1 aromatic carbocycles. The van der Waals surface area contributed by atoms with E-state index in [1.807, 2.05) is 6.92 Å². The molecule has 4 nitrogen and oxygen atoms in total. The van der Waals surface area contributed by atoms with E-state index in [-0.39, 0.29) is 12.6 Å². The molecule has 0 heterocycles. The van der Waals surface area contributed by atoms with Crippen LogP contribution in [0, 0.1) is 0 Å². The van der Waals surface area contributed by atoms with Gasteiger partial charge in [0.1, 0.15) is 0 Å². The predicted molar refractivity (Wildman–Crippen MR) is 69.4 cm³/mol. The van der Waals surface area contributed by atoms with Gasteiger partial charge >= 0.3 is 6.03 Å². The second kappa shape index (κ2) is 5.89. The van der Waals surface area contributed by atoms with E-state index in [0.717, 1.165) is 0 Å². The number of hydrogen-bond acceptors (Lipinski definition) is 2. The fourth-order valence-electron chi connectivity index (χ4n) is 1.12. The smallest absolute Gasteiger partial charge is 0.319 e. The number of anilines is 1. The molecule has 2 amide bonds. The Hall–Kier alpha value is -1.26. The topological polar surface area (TPSA) is 61.4 Å². The fourth-order valence-corrected chi connectivity index (χ4v) is 1.31. The number of carbonyl (C=O) groups is 1. The summed E-state index contributed by atoms with van der Waals surface area (Å²) < 4.78 is 0. The lowest BCUT2D eigenvalue weighted by molar-refractivity contribution is 0.0587. The molecule has 0 unspecified atom stereocenters. The van der Waals surface area contributed by atoms with Gasteiger partial charge in [0.25, 0.3) is 0 Å². The van der Waals surface area contributed by atoms with E-state index in [0.29, 0.717) is 17.1 Å². The lowest BCUT2D eigenvalue weighted by atomic mass is 10.0. The lowest BCUT2D eigenvalue weighted by Crippen LogP contribution is -2.41. The highest BCUT2D eigenvalue weighted by Crippen LogP contribution is 2.20. The molecule has 1 atom stereocenters. The summed E-state index contributed by atoms with van der Waals surface area (Å²) >= 11 is 5.89. The third-order valence-corrected chi connectivity index (χ3v) is 2.84. The molecule has 3 N–H and O–H groups in total. The summed E-state index contributed by atoms with van der Waals surface area (Å²) in [6.45, 7) is 3.72. The molecule has 0 fully saturated rings. The molecule has 1 aromatic rings. The predicted octanol–water partition coefficient (Wildman–Crippen LogP) is 2.62. The molecule has 1 rings (SSSR count). The van der Waals surface area contributed by atoms with Crippen LogP contribution >= 0.6 is 11.6 Å². The van der Waals surface area contributed by atoms with Crippen molar-refractivity contribution in [3.63, 3.8) is 0 Å². The zero-order chi connectivity index (χ0) is 12.9. The maximum absolute atomic E-state index is 11.5. The van der Waals surface area contributed by atoms with Crippen LogP contribution in [-0.2, 0) is 0 Å². The molecule has 0 aliphatic carbocycles. The largest absolute Gasteiger partial charge is 0.388 e. The third-order valence-electron chi connectivity index (χ3n) is 2.51. The van der Waals surface area contributed by atoms with Gasteiger partial charge in [0.05, 0.1) is 16.3 Å². The molecule has 0 aliphatic heterocycles. The molecule has 0 spiro atoms. The van der Waals surface area contributed by atoms with Gasteiger partial charge in [-0.25, -0.2) is 4.79 Å². The van der Waals surface area contributed by atoms with Crippen LogP contribution in [0.2, 0.25) is 5.02 Å². The molecule has 94 valence electrons. The Labute approximate surface area is 106 Å². The quantitative estimate of drug-likeness (QED) is 0.776. The van der Waals surface area contributed by atoms with Crippen molar-refractivity contribution in [1.29, 1.82) is 0 Å². The number of aliphatic hydroxyl groups is 1.